The molecule has 1 atom stereocenters. The van der Waals surface area contributed by atoms with Crippen LogP contribution in [0, 0.1) is 0 Å². The monoisotopic (exact) mass is 444 g/mol. The largest absolute Gasteiger partial charge is 0.461 e. The quantitative estimate of drug-likeness (QED) is 0.538. The Labute approximate surface area is 183 Å². The van der Waals surface area contributed by atoms with Crippen molar-refractivity contribution in [3.05, 3.63) is 53.2 Å². The second kappa shape index (κ2) is 9.06. The number of benzene rings is 1. The van der Waals surface area contributed by atoms with Gasteiger partial charge in [0.05, 0.1) is 11.5 Å². The summed E-state index contributed by atoms with van der Waals surface area (Å²) in [5.74, 6) is 0.767. The molecule has 3 heterocycles. The van der Waals surface area contributed by atoms with Crippen molar-refractivity contribution in [2.45, 2.75) is 43.1 Å². The Morgan fingerprint density at radius 3 is 2.73 bits per heavy atom. The minimum absolute atomic E-state index is 0.192. The lowest BCUT2D eigenvalue weighted by Gasteiger charge is -2.22. The van der Waals surface area contributed by atoms with Gasteiger partial charge in [0.1, 0.15) is 0 Å². The maximum Gasteiger partial charge on any atom is 0.260 e. The summed E-state index contributed by atoms with van der Waals surface area (Å²) in [7, 11) is 0. The van der Waals surface area contributed by atoms with Crippen LogP contribution in [0.25, 0.3) is 11.6 Å². The fourth-order valence-electron chi connectivity index (χ4n) is 3.44. The zero-order valence-electron chi connectivity index (χ0n) is 16.5. The molecule has 7 nitrogen and oxygen atoms in total. The van der Waals surface area contributed by atoms with Crippen molar-refractivity contribution in [2.75, 3.05) is 6.54 Å². The van der Waals surface area contributed by atoms with Gasteiger partial charge in [-0.2, -0.15) is 0 Å². The SMILES string of the molecule is CCn1c(S[C@H]2CCCCN(C(=O)c3ccc(Cl)cc3)C2=O)nnc1-c1ccco1. The minimum atomic E-state index is -0.400. The highest BCUT2D eigenvalue weighted by molar-refractivity contribution is 8.00. The normalized spacial score (nSPS) is 17.2. The van der Waals surface area contributed by atoms with Crippen LogP contribution >= 0.6 is 23.4 Å². The highest BCUT2D eigenvalue weighted by Gasteiger charge is 2.33. The van der Waals surface area contributed by atoms with E-state index in [1.807, 2.05) is 17.6 Å². The summed E-state index contributed by atoms with van der Waals surface area (Å²) >= 11 is 7.28. The molecule has 1 aliphatic heterocycles. The van der Waals surface area contributed by atoms with Gasteiger partial charge in [0.2, 0.25) is 5.91 Å². The van der Waals surface area contributed by atoms with Gasteiger partial charge < -0.3 is 4.42 Å². The van der Waals surface area contributed by atoms with Crippen molar-refractivity contribution in [3.63, 3.8) is 0 Å². The third-order valence-corrected chi connectivity index (χ3v) is 6.48. The van der Waals surface area contributed by atoms with E-state index in [-0.39, 0.29) is 11.8 Å². The second-order valence-electron chi connectivity index (χ2n) is 6.93. The summed E-state index contributed by atoms with van der Waals surface area (Å²) in [6.07, 6.45) is 3.91. The van der Waals surface area contributed by atoms with Crippen molar-refractivity contribution in [1.29, 1.82) is 0 Å². The Hall–Kier alpha value is -2.58. The van der Waals surface area contributed by atoms with E-state index in [1.165, 1.54) is 16.7 Å². The van der Waals surface area contributed by atoms with E-state index >= 15 is 0 Å². The molecular weight excluding hydrogens is 424 g/mol. The lowest BCUT2D eigenvalue weighted by Crippen LogP contribution is -2.41. The van der Waals surface area contributed by atoms with Crippen molar-refractivity contribution in [2.24, 2.45) is 0 Å². The average Bonchev–Trinajstić information content (AvgIpc) is 3.38. The van der Waals surface area contributed by atoms with Gasteiger partial charge in [-0.05, 0) is 56.2 Å². The Bertz CT molecular complexity index is 1030. The van der Waals surface area contributed by atoms with E-state index in [4.69, 9.17) is 16.0 Å². The lowest BCUT2D eigenvalue weighted by atomic mass is 10.2. The fraction of sp³-hybridized carbons (Fsp3) is 0.333. The molecule has 9 heteroatoms. The number of likely N-dealkylation sites (tertiary alicyclic amines) is 1. The molecule has 1 aliphatic rings. The second-order valence-corrected chi connectivity index (χ2v) is 8.54. The Morgan fingerprint density at radius 1 is 1.23 bits per heavy atom. The number of furan rings is 1. The summed E-state index contributed by atoms with van der Waals surface area (Å²) in [5.41, 5.74) is 0.454. The number of aromatic nitrogens is 3. The third kappa shape index (κ3) is 4.15. The molecule has 0 bridgehead atoms. The molecule has 156 valence electrons. The summed E-state index contributed by atoms with van der Waals surface area (Å²) < 4.78 is 7.37. The van der Waals surface area contributed by atoms with Crippen molar-refractivity contribution < 1.29 is 14.0 Å². The molecule has 1 aromatic carbocycles. The molecule has 0 aliphatic carbocycles. The van der Waals surface area contributed by atoms with Gasteiger partial charge in [-0.25, -0.2) is 0 Å². The summed E-state index contributed by atoms with van der Waals surface area (Å²) in [6, 6.07) is 10.2. The van der Waals surface area contributed by atoms with Crippen LogP contribution in [-0.4, -0.2) is 43.3 Å². The van der Waals surface area contributed by atoms with Crippen molar-refractivity contribution in [3.8, 4) is 11.6 Å². The van der Waals surface area contributed by atoms with Crippen molar-refractivity contribution in [1.82, 2.24) is 19.7 Å². The number of carbonyl (C=O) groups is 2. The molecule has 4 rings (SSSR count). The van der Waals surface area contributed by atoms with Gasteiger partial charge in [-0.3, -0.25) is 19.1 Å². The lowest BCUT2D eigenvalue weighted by molar-refractivity contribution is -0.127. The molecule has 30 heavy (non-hydrogen) atoms. The van der Waals surface area contributed by atoms with Crippen LogP contribution in [-0.2, 0) is 11.3 Å². The van der Waals surface area contributed by atoms with E-state index in [2.05, 4.69) is 10.2 Å². The average molecular weight is 445 g/mol. The molecule has 0 saturated carbocycles. The third-order valence-electron chi connectivity index (χ3n) is 5.00. The van der Waals surface area contributed by atoms with Crippen LogP contribution < -0.4 is 0 Å². The number of rotatable bonds is 5. The Morgan fingerprint density at radius 2 is 2.03 bits per heavy atom. The maximum atomic E-state index is 13.2. The molecule has 0 N–H and O–H groups in total. The Kier molecular flexibility index (Phi) is 6.24. The predicted octanol–water partition coefficient (Wildman–Crippen LogP) is 4.53. The van der Waals surface area contributed by atoms with Gasteiger partial charge in [-0.1, -0.05) is 29.8 Å². The fourth-order valence-corrected chi connectivity index (χ4v) is 4.77. The topological polar surface area (TPSA) is 81.2 Å². The van der Waals surface area contributed by atoms with E-state index in [0.29, 0.717) is 46.8 Å². The summed E-state index contributed by atoms with van der Waals surface area (Å²) in [4.78, 5) is 27.6. The van der Waals surface area contributed by atoms with Crippen LogP contribution in [0.5, 0.6) is 0 Å². The van der Waals surface area contributed by atoms with Gasteiger partial charge in [0, 0.05) is 23.7 Å². The number of thioether (sulfide) groups is 1. The number of amides is 2. The molecule has 2 amide bonds. The zero-order chi connectivity index (χ0) is 21.1. The minimum Gasteiger partial charge on any atom is -0.461 e. The van der Waals surface area contributed by atoms with Crippen LogP contribution in [0.4, 0.5) is 0 Å². The molecular formula is C21H21ClN4O3S. The van der Waals surface area contributed by atoms with Crippen LogP contribution in [0.3, 0.4) is 0 Å². The van der Waals surface area contributed by atoms with Crippen LogP contribution in [0.2, 0.25) is 5.02 Å². The number of nitrogens with zero attached hydrogens (tertiary/aromatic N) is 4. The Balaban J connectivity index is 1.56. The molecule has 1 saturated heterocycles. The highest BCUT2D eigenvalue weighted by Crippen LogP contribution is 2.32. The summed E-state index contributed by atoms with van der Waals surface area (Å²) in [6.45, 7) is 3.04. The smallest absolute Gasteiger partial charge is 0.260 e. The molecule has 1 fully saturated rings. The zero-order valence-corrected chi connectivity index (χ0v) is 18.0. The number of imide groups is 1. The predicted molar refractivity (Wildman–Crippen MR) is 114 cm³/mol. The maximum absolute atomic E-state index is 13.2. The first-order chi connectivity index (χ1) is 14.6. The van der Waals surface area contributed by atoms with E-state index < -0.39 is 5.25 Å². The number of hydrogen-bond donors (Lipinski definition) is 0. The first kappa shape index (κ1) is 20.7. The molecule has 0 radical (unpaired) electrons. The van der Waals surface area contributed by atoms with E-state index in [0.717, 1.165) is 12.8 Å². The molecule has 0 unspecified atom stereocenters. The number of carbonyl (C=O) groups excluding carboxylic acids is 2. The van der Waals surface area contributed by atoms with Crippen LogP contribution in [0.15, 0.2) is 52.2 Å². The molecule has 3 aromatic rings. The first-order valence-corrected chi connectivity index (χ1v) is 11.1. The first-order valence-electron chi connectivity index (χ1n) is 9.83. The highest BCUT2D eigenvalue weighted by atomic mass is 35.5. The summed E-state index contributed by atoms with van der Waals surface area (Å²) in [5, 5.41) is 9.32. The van der Waals surface area contributed by atoms with Crippen LogP contribution in [0.1, 0.15) is 36.5 Å². The van der Waals surface area contributed by atoms with Gasteiger partial charge in [0.15, 0.2) is 16.7 Å². The van der Waals surface area contributed by atoms with Gasteiger partial charge in [0.25, 0.3) is 5.91 Å². The standard InChI is InChI=1S/C21H21ClN4O3S/c1-2-25-18(16-6-5-13-29-16)23-24-21(25)30-17-7-3-4-12-26(20(17)28)19(27)14-8-10-15(22)11-9-14/h5-6,8-11,13,17H,2-4,7,12H2,1H3/t17-/m0/s1. The molecule has 0 spiro atoms. The van der Waals surface area contributed by atoms with Gasteiger partial charge in [-0.15, -0.1) is 10.2 Å². The van der Waals surface area contributed by atoms with E-state index in [9.17, 15) is 9.59 Å². The number of halogens is 1. The van der Waals surface area contributed by atoms with Gasteiger partial charge >= 0.3 is 0 Å². The number of hydrogen-bond acceptors (Lipinski definition) is 6. The molecule has 2 aromatic heterocycles. The van der Waals surface area contributed by atoms with Crippen molar-refractivity contribution >= 4 is 35.2 Å². The van der Waals surface area contributed by atoms with E-state index in [1.54, 1.807) is 36.6 Å².